The SMILES string of the molecule is CC(C)(C)[Si](C)(C)OCC1(CO[Si](C)(C)C(C)(C)C)CO[Si](C)(C(C)(C)C)C(=O)NC1(CC(=O)O)C(=O)O. The molecule has 1 aliphatic heterocycles. The first-order valence-corrected chi connectivity index (χ1v) is 21.5. The van der Waals surface area contributed by atoms with Crippen molar-refractivity contribution < 1.29 is 37.9 Å². The first-order chi connectivity index (χ1) is 16.6. The first-order valence-electron chi connectivity index (χ1n) is 13.3. The number of carboxylic acid groups (broad SMARTS) is 2. The zero-order valence-electron chi connectivity index (χ0n) is 26.2. The molecule has 2 atom stereocenters. The molecule has 1 aliphatic rings. The van der Waals surface area contributed by atoms with Crippen molar-refractivity contribution in [1.29, 1.82) is 0 Å². The van der Waals surface area contributed by atoms with Gasteiger partial charge in [0.05, 0.1) is 11.8 Å². The zero-order valence-corrected chi connectivity index (χ0v) is 29.2. The number of nitrogens with one attached hydrogen (secondary N) is 1. The number of carbonyl (C=O) groups excluding carboxylic acids is 1. The number of amides is 1. The fraction of sp³-hybridized carbons (Fsp3) is 0.885. The number of carbonyl (C=O) groups is 3. The number of hydrogen-bond donors (Lipinski definition) is 3. The van der Waals surface area contributed by atoms with E-state index in [1.807, 2.05) is 20.8 Å². The summed E-state index contributed by atoms with van der Waals surface area (Å²) in [5, 5.41) is 22.5. The highest BCUT2D eigenvalue weighted by atomic mass is 28.4. The van der Waals surface area contributed by atoms with E-state index in [9.17, 15) is 24.6 Å². The van der Waals surface area contributed by atoms with E-state index in [4.69, 9.17) is 13.3 Å². The lowest BCUT2D eigenvalue weighted by atomic mass is 9.68. The van der Waals surface area contributed by atoms with Crippen LogP contribution in [0.5, 0.6) is 0 Å². The van der Waals surface area contributed by atoms with Gasteiger partial charge in [-0.1, -0.05) is 62.3 Å². The summed E-state index contributed by atoms with van der Waals surface area (Å²) in [5.41, 5.74) is -4.22. The van der Waals surface area contributed by atoms with Crippen molar-refractivity contribution in [1.82, 2.24) is 5.32 Å². The Morgan fingerprint density at radius 2 is 1.32 bits per heavy atom. The average molecular weight is 592 g/mol. The molecule has 0 saturated carbocycles. The van der Waals surface area contributed by atoms with Gasteiger partial charge in [-0.05, 0) is 47.8 Å². The molecule has 0 spiro atoms. The summed E-state index contributed by atoms with van der Waals surface area (Å²) in [6.07, 6.45) is -0.826. The summed E-state index contributed by atoms with van der Waals surface area (Å²) in [5.74, 6) is -2.76. The second-order valence-corrected chi connectivity index (χ2v) is 29.1. The number of carboxylic acids is 2. The molecule has 9 nitrogen and oxygen atoms in total. The van der Waals surface area contributed by atoms with Crippen LogP contribution >= 0.6 is 0 Å². The second-order valence-electron chi connectivity index (χ2n) is 15.2. The van der Waals surface area contributed by atoms with Crippen LogP contribution < -0.4 is 5.32 Å². The molecule has 3 N–H and O–H groups in total. The Kier molecular flexibility index (Phi) is 9.88. The van der Waals surface area contributed by atoms with Crippen LogP contribution in [0.2, 0.25) is 47.8 Å². The number of rotatable bonds is 9. The molecule has 1 rings (SSSR count). The predicted molar refractivity (Wildman–Crippen MR) is 157 cm³/mol. The van der Waals surface area contributed by atoms with Gasteiger partial charge in [0.1, 0.15) is 0 Å². The van der Waals surface area contributed by atoms with Gasteiger partial charge >= 0.3 is 11.9 Å². The third kappa shape index (κ3) is 6.63. The molecule has 0 aromatic rings. The maximum atomic E-state index is 13.8. The van der Waals surface area contributed by atoms with Crippen LogP contribution in [-0.4, -0.2) is 78.0 Å². The number of aliphatic carboxylic acids is 2. The van der Waals surface area contributed by atoms with Gasteiger partial charge in [-0.25, -0.2) is 4.79 Å². The van der Waals surface area contributed by atoms with Gasteiger partial charge in [0.2, 0.25) is 5.53 Å². The molecule has 0 aromatic heterocycles. The van der Waals surface area contributed by atoms with Crippen LogP contribution in [0.15, 0.2) is 0 Å². The minimum Gasteiger partial charge on any atom is -0.481 e. The highest BCUT2D eigenvalue weighted by Gasteiger charge is 2.66. The molecule has 0 radical (unpaired) electrons. The van der Waals surface area contributed by atoms with Crippen molar-refractivity contribution in [3.8, 4) is 0 Å². The van der Waals surface area contributed by atoms with Crippen LogP contribution in [0.1, 0.15) is 68.7 Å². The van der Waals surface area contributed by atoms with E-state index in [0.717, 1.165) is 0 Å². The van der Waals surface area contributed by atoms with E-state index < -0.39 is 64.8 Å². The highest BCUT2D eigenvalue weighted by Crippen LogP contribution is 2.48. The van der Waals surface area contributed by atoms with Gasteiger partial charge in [-0.2, -0.15) is 0 Å². The van der Waals surface area contributed by atoms with Gasteiger partial charge in [0, 0.05) is 19.8 Å². The van der Waals surface area contributed by atoms with Crippen molar-refractivity contribution in [3.63, 3.8) is 0 Å². The third-order valence-electron chi connectivity index (χ3n) is 9.55. The Balaban J connectivity index is 3.97. The van der Waals surface area contributed by atoms with Crippen molar-refractivity contribution in [2.75, 3.05) is 19.8 Å². The highest BCUT2D eigenvalue weighted by molar-refractivity contribution is 7.02. The fourth-order valence-corrected chi connectivity index (χ4v) is 8.13. The Morgan fingerprint density at radius 3 is 1.61 bits per heavy atom. The molecule has 2 unspecified atom stereocenters. The topological polar surface area (TPSA) is 131 Å². The fourth-order valence-electron chi connectivity index (χ4n) is 3.73. The molecular weight excluding hydrogens is 539 g/mol. The minimum atomic E-state index is -3.28. The molecule has 1 fully saturated rings. The maximum absolute atomic E-state index is 13.8. The van der Waals surface area contributed by atoms with E-state index in [-0.39, 0.29) is 29.9 Å². The molecule has 1 heterocycles. The van der Waals surface area contributed by atoms with Gasteiger partial charge in [0.15, 0.2) is 22.2 Å². The van der Waals surface area contributed by atoms with E-state index in [1.54, 1.807) is 6.55 Å². The molecule has 1 saturated heterocycles. The van der Waals surface area contributed by atoms with Crippen molar-refractivity contribution >= 4 is 42.4 Å². The smallest absolute Gasteiger partial charge is 0.330 e. The van der Waals surface area contributed by atoms with Gasteiger partial charge in [-0.15, -0.1) is 0 Å². The molecule has 38 heavy (non-hydrogen) atoms. The normalized spacial score (nSPS) is 25.5. The summed E-state index contributed by atoms with van der Waals surface area (Å²) in [6.45, 7) is 27.7. The Morgan fingerprint density at radius 1 is 0.921 bits per heavy atom. The molecule has 1 amide bonds. The van der Waals surface area contributed by atoms with E-state index in [1.165, 1.54) is 0 Å². The summed E-state index contributed by atoms with van der Waals surface area (Å²) in [4.78, 5) is 39.3. The van der Waals surface area contributed by atoms with E-state index >= 15 is 0 Å². The summed E-state index contributed by atoms with van der Waals surface area (Å²) in [7, 11) is -8.15. The minimum absolute atomic E-state index is 0.118. The molecule has 0 aromatic carbocycles. The standard InChI is InChI=1S/C26H53NO8Si3/c1-22(2,3)36(10,11)33-16-25(17-34-37(12,13)23(4,5)6)18-35-38(14,24(7,8)9)21(32)27-26(25,20(30)31)15-19(28)29/h15-18H2,1-14H3,(H,27,32)(H,28,29)(H,30,31). The summed E-state index contributed by atoms with van der Waals surface area (Å²) >= 11 is 0. The van der Waals surface area contributed by atoms with Crippen molar-refractivity contribution in [3.05, 3.63) is 0 Å². The lowest BCUT2D eigenvalue weighted by molar-refractivity contribution is -0.163. The average Bonchev–Trinajstić information content (AvgIpc) is 2.78. The van der Waals surface area contributed by atoms with E-state index in [0.29, 0.717) is 0 Å². The van der Waals surface area contributed by atoms with Gasteiger partial charge < -0.3 is 28.8 Å². The van der Waals surface area contributed by atoms with Gasteiger partial charge in [-0.3, -0.25) is 9.59 Å². The second kappa shape index (κ2) is 10.7. The predicted octanol–water partition coefficient (Wildman–Crippen LogP) is 6.01. The Labute approximate surface area is 232 Å². The van der Waals surface area contributed by atoms with Crippen molar-refractivity contribution in [2.24, 2.45) is 5.41 Å². The quantitative estimate of drug-likeness (QED) is 0.278. The first kappa shape index (κ1) is 35.0. The Hall–Kier alpha value is -1.06. The molecule has 222 valence electrons. The van der Waals surface area contributed by atoms with Crippen LogP contribution in [0, 0.1) is 5.41 Å². The monoisotopic (exact) mass is 591 g/mol. The van der Waals surface area contributed by atoms with Crippen LogP contribution in [0.25, 0.3) is 0 Å². The number of hydrogen-bond acceptors (Lipinski definition) is 6. The van der Waals surface area contributed by atoms with Crippen molar-refractivity contribution in [2.45, 2.75) is 122 Å². The van der Waals surface area contributed by atoms with Crippen LogP contribution in [-0.2, 0) is 22.9 Å². The van der Waals surface area contributed by atoms with Crippen LogP contribution in [0.3, 0.4) is 0 Å². The lowest BCUT2D eigenvalue weighted by Crippen LogP contribution is -2.71. The summed E-state index contributed by atoms with van der Waals surface area (Å²) in [6, 6.07) is 0. The van der Waals surface area contributed by atoms with Gasteiger partial charge in [0.25, 0.3) is 8.32 Å². The maximum Gasteiger partial charge on any atom is 0.330 e. The van der Waals surface area contributed by atoms with Crippen LogP contribution in [0.4, 0.5) is 4.79 Å². The largest absolute Gasteiger partial charge is 0.481 e. The third-order valence-corrected chi connectivity index (χ3v) is 23.1. The molecule has 0 bridgehead atoms. The molecule has 0 aliphatic carbocycles. The molecule has 12 heteroatoms. The Bertz CT molecular complexity index is 887. The lowest BCUT2D eigenvalue weighted by Gasteiger charge is -2.49. The zero-order chi connectivity index (χ0) is 30.4. The molecular formula is C26H53NO8Si3. The van der Waals surface area contributed by atoms with E-state index in [2.05, 4.69) is 73.0 Å². The summed E-state index contributed by atoms with van der Waals surface area (Å²) < 4.78 is 19.8.